The molecule has 7 heteroatoms. The molecule has 190 valence electrons. The lowest BCUT2D eigenvalue weighted by molar-refractivity contribution is -0.142. The summed E-state index contributed by atoms with van der Waals surface area (Å²) >= 11 is 12.9. The number of para-hydroxylation sites is 1. The normalized spacial score (nSPS) is 11.6. The van der Waals surface area contributed by atoms with Gasteiger partial charge in [-0.15, -0.1) is 0 Å². The number of amides is 2. The third-order valence-electron chi connectivity index (χ3n) is 5.94. The van der Waals surface area contributed by atoms with Crippen LogP contribution in [-0.2, 0) is 22.6 Å². The summed E-state index contributed by atoms with van der Waals surface area (Å²) in [5, 5.41) is 3.87. The van der Waals surface area contributed by atoms with Crippen LogP contribution in [-0.4, -0.2) is 35.9 Å². The minimum atomic E-state index is -0.774. The smallest absolute Gasteiger partial charge is 0.261 e. The van der Waals surface area contributed by atoms with E-state index in [2.05, 4.69) is 12.2 Å². The molecule has 3 rings (SSSR count). The van der Waals surface area contributed by atoms with Crippen molar-refractivity contribution in [2.45, 2.75) is 45.7 Å². The van der Waals surface area contributed by atoms with Crippen molar-refractivity contribution in [3.05, 3.63) is 99.5 Å². The van der Waals surface area contributed by atoms with Crippen LogP contribution in [0, 0.1) is 6.92 Å². The summed E-state index contributed by atoms with van der Waals surface area (Å²) < 4.78 is 5.87. The van der Waals surface area contributed by atoms with Crippen molar-refractivity contribution >= 4 is 35.0 Å². The second-order valence-electron chi connectivity index (χ2n) is 8.63. The Kier molecular flexibility index (Phi) is 10.6. The summed E-state index contributed by atoms with van der Waals surface area (Å²) in [5.41, 5.74) is 2.45. The van der Waals surface area contributed by atoms with Crippen LogP contribution in [0.4, 0.5) is 0 Å². The van der Waals surface area contributed by atoms with Crippen molar-refractivity contribution < 1.29 is 14.3 Å². The van der Waals surface area contributed by atoms with Crippen molar-refractivity contribution in [3.8, 4) is 5.75 Å². The number of halogens is 2. The zero-order valence-corrected chi connectivity index (χ0v) is 22.2. The number of rotatable bonds is 12. The molecule has 0 aliphatic heterocycles. The lowest BCUT2D eigenvalue weighted by atomic mass is 10.0. The maximum atomic E-state index is 13.7. The predicted molar refractivity (Wildman–Crippen MR) is 146 cm³/mol. The Labute approximate surface area is 223 Å². The molecule has 0 saturated carbocycles. The largest absolute Gasteiger partial charge is 0.484 e. The Bertz CT molecular complexity index is 1130. The molecule has 1 atom stereocenters. The van der Waals surface area contributed by atoms with Crippen molar-refractivity contribution in [1.82, 2.24) is 10.2 Å². The van der Waals surface area contributed by atoms with E-state index in [9.17, 15) is 9.59 Å². The van der Waals surface area contributed by atoms with Gasteiger partial charge in [-0.1, -0.05) is 91.1 Å². The molecule has 36 heavy (non-hydrogen) atoms. The molecule has 0 fully saturated rings. The van der Waals surface area contributed by atoms with Crippen molar-refractivity contribution in [3.63, 3.8) is 0 Å². The van der Waals surface area contributed by atoms with E-state index in [1.807, 2.05) is 61.5 Å². The first-order valence-corrected chi connectivity index (χ1v) is 12.9. The Morgan fingerprint density at radius 2 is 1.61 bits per heavy atom. The summed E-state index contributed by atoms with van der Waals surface area (Å²) in [5.74, 6) is 0.0640. The molecule has 0 aliphatic carbocycles. The van der Waals surface area contributed by atoms with Gasteiger partial charge in [-0.05, 0) is 42.7 Å². The summed E-state index contributed by atoms with van der Waals surface area (Å²) in [6.45, 7) is 4.37. The maximum Gasteiger partial charge on any atom is 0.261 e. The maximum absolute atomic E-state index is 13.7. The number of unbranched alkanes of at least 4 members (excludes halogenated alkanes) is 1. The standard InChI is InChI=1S/C29H32Cl2N2O3/c1-3-4-17-32-29(35)26(18-22-12-6-5-7-13-22)33(19-23-24(30)14-10-15-25(23)31)28(34)20-36-27-16-9-8-11-21(27)2/h5-16,26H,3-4,17-20H2,1-2H3,(H,32,35). The Hall–Kier alpha value is -3.02. The third-order valence-corrected chi connectivity index (χ3v) is 6.64. The van der Waals surface area contributed by atoms with Gasteiger partial charge < -0.3 is 15.0 Å². The molecule has 3 aromatic carbocycles. The fraction of sp³-hybridized carbons (Fsp3) is 0.310. The van der Waals surface area contributed by atoms with Crippen LogP contribution >= 0.6 is 23.2 Å². The third kappa shape index (κ3) is 7.74. The van der Waals surface area contributed by atoms with Gasteiger partial charge in [0.25, 0.3) is 5.91 Å². The van der Waals surface area contributed by atoms with E-state index in [1.54, 1.807) is 18.2 Å². The van der Waals surface area contributed by atoms with Crippen LogP contribution in [0.5, 0.6) is 5.75 Å². The molecule has 0 aromatic heterocycles. The molecule has 0 saturated heterocycles. The Morgan fingerprint density at radius 3 is 2.28 bits per heavy atom. The second-order valence-corrected chi connectivity index (χ2v) is 9.44. The predicted octanol–water partition coefficient (Wildman–Crippen LogP) is 6.24. The van der Waals surface area contributed by atoms with E-state index in [1.165, 1.54) is 4.90 Å². The first-order valence-electron chi connectivity index (χ1n) is 12.1. The summed E-state index contributed by atoms with van der Waals surface area (Å²) in [7, 11) is 0. The van der Waals surface area contributed by atoms with Gasteiger partial charge in [0.15, 0.2) is 6.61 Å². The average Bonchev–Trinajstić information content (AvgIpc) is 2.87. The highest BCUT2D eigenvalue weighted by atomic mass is 35.5. The molecule has 0 heterocycles. The lowest BCUT2D eigenvalue weighted by Gasteiger charge is -2.32. The number of nitrogens with one attached hydrogen (secondary N) is 1. The van der Waals surface area contributed by atoms with E-state index in [0.29, 0.717) is 34.3 Å². The molecule has 0 bridgehead atoms. The molecule has 0 aliphatic rings. The zero-order chi connectivity index (χ0) is 25.9. The topological polar surface area (TPSA) is 58.6 Å². The number of nitrogens with zero attached hydrogens (tertiary/aromatic N) is 1. The van der Waals surface area contributed by atoms with E-state index in [-0.39, 0.29) is 25.0 Å². The molecule has 5 nitrogen and oxygen atoms in total. The first kappa shape index (κ1) is 27.6. The fourth-order valence-corrected chi connectivity index (χ4v) is 4.37. The van der Waals surface area contributed by atoms with E-state index >= 15 is 0 Å². The van der Waals surface area contributed by atoms with Crippen LogP contribution in [0.2, 0.25) is 10.0 Å². The van der Waals surface area contributed by atoms with Crippen LogP contribution < -0.4 is 10.1 Å². The molecule has 0 spiro atoms. The van der Waals surface area contributed by atoms with Crippen molar-refractivity contribution in [2.75, 3.05) is 13.2 Å². The van der Waals surface area contributed by atoms with Crippen LogP contribution in [0.1, 0.15) is 36.5 Å². The van der Waals surface area contributed by atoms with Gasteiger partial charge >= 0.3 is 0 Å². The first-order chi connectivity index (χ1) is 17.4. The number of carbonyl (C=O) groups is 2. The van der Waals surface area contributed by atoms with E-state index in [0.717, 1.165) is 24.0 Å². The van der Waals surface area contributed by atoms with Gasteiger partial charge in [-0.3, -0.25) is 9.59 Å². The minimum absolute atomic E-state index is 0.0766. The molecular formula is C29H32Cl2N2O3. The van der Waals surface area contributed by atoms with Gasteiger partial charge in [0.2, 0.25) is 5.91 Å². The Balaban J connectivity index is 1.94. The van der Waals surface area contributed by atoms with Crippen LogP contribution in [0.25, 0.3) is 0 Å². The SMILES string of the molecule is CCCCNC(=O)C(Cc1ccccc1)N(Cc1c(Cl)cccc1Cl)C(=O)COc1ccccc1C. The highest BCUT2D eigenvalue weighted by molar-refractivity contribution is 6.36. The van der Waals surface area contributed by atoms with Gasteiger partial charge in [0.1, 0.15) is 11.8 Å². The average molecular weight is 527 g/mol. The second kappa shape index (κ2) is 13.9. The van der Waals surface area contributed by atoms with Crippen LogP contribution in [0.15, 0.2) is 72.8 Å². The zero-order valence-electron chi connectivity index (χ0n) is 20.7. The van der Waals surface area contributed by atoms with Crippen molar-refractivity contribution in [2.24, 2.45) is 0 Å². The number of carbonyl (C=O) groups excluding carboxylic acids is 2. The van der Waals surface area contributed by atoms with Gasteiger partial charge in [0, 0.05) is 35.1 Å². The number of hydrogen-bond donors (Lipinski definition) is 1. The van der Waals surface area contributed by atoms with Crippen LogP contribution in [0.3, 0.4) is 0 Å². The number of benzene rings is 3. The molecule has 2 amide bonds. The van der Waals surface area contributed by atoms with E-state index < -0.39 is 6.04 Å². The van der Waals surface area contributed by atoms with Gasteiger partial charge in [-0.25, -0.2) is 0 Å². The van der Waals surface area contributed by atoms with E-state index in [4.69, 9.17) is 27.9 Å². The minimum Gasteiger partial charge on any atom is -0.484 e. The highest BCUT2D eigenvalue weighted by Gasteiger charge is 2.31. The summed E-state index contributed by atoms with van der Waals surface area (Å²) in [6, 6.07) is 21.6. The molecule has 1 unspecified atom stereocenters. The molecule has 0 radical (unpaired) electrons. The number of hydrogen-bond acceptors (Lipinski definition) is 3. The van der Waals surface area contributed by atoms with Crippen molar-refractivity contribution in [1.29, 1.82) is 0 Å². The van der Waals surface area contributed by atoms with Gasteiger partial charge in [-0.2, -0.15) is 0 Å². The number of aryl methyl sites for hydroxylation is 1. The summed E-state index contributed by atoms with van der Waals surface area (Å²) in [4.78, 5) is 28.6. The monoisotopic (exact) mass is 526 g/mol. The summed E-state index contributed by atoms with van der Waals surface area (Å²) in [6.07, 6.45) is 2.15. The Morgan fingerprint density at radius 1 is 0.944 bits per heavy atom. The molecule has 1 N–H and O–H groups in total. The highest BCUT2D eigenvalue weighted by Crippen LogP contribution is 2.27. The molecule has 3 aromatic rings. The fourth-order valence-electron chi connectivity index (χ4n) is 3.85. The van der Waals surface area contributed by atoms with Gasteiger partial charge in [0.05, 0.1) is 0 Å². The quantitative estimate of drug-likeness (QED) is 0.284. The molecular weight excluding hydrogens is 495 g/mol. The lowest BCUT2D eigenvalue weighted by Crippen LogP contribution is -2.52. The number of ether oxygens (including phenoxy) is 1.